The van der Waals surface area contributed by atoms with Crippen LogP contribution in [-0.4, -0.2) is 17.5 Å². The zero-order chi connectivity index (χ0) is 10.7. The van der Waals surface area contributed by atoms with Gasteiger partial charge in [0.1, 0.15) is 0 Å². The summed E-state index contributed by atoms with van der Waals surface area (Å²) < 4.78 is 0. The van der Waals surface area contributed by atoms with Crippen molar-refractivity contribution in [2.45, 2.75) is 19.0 Å². The first-order valence-corrected chi connectivity index (χ1v) is 4.95. The van der Waals surface area contributed by atoms with E-state index in [0.717, 1.165) is 13.0 Å². The third-order valence-corrected chi connectivity index (χ3v) is 2.77. The Balaban J connectivity index is 2.20. The van der Waals surface area contributed by atoms with Gasteiger partial charge in [-0.1, -0.05) is 24.3 Å². The van der Waals surface area contributed by atoms with Crippen molar-refractivity contribution in [1.82, 2.24) is 4.90 Å². The third-order valence-electron chi connectivity index (χ3n) is 2.77. The van der Waals surface area contributed by atoms with Crippen molar-refractivity contribution >= 4 is 0 Å². The molecule has 3 heteroatoms. The summed E-state index contributed by atoms with van der Waals surface area (Å²) in [7, 11) is 0. The van der Waals surface area contributed by atoms with E-state index in [2.05, 4.69) is 12.1 Å². The van der Waals surface area contributed by atoms with Gasteiger partial charge < -0.3 is 0 Å². The Morgan fingerprint density at radius 3 is 2.47 bits per heavy atom. The summed E-state index contributed by atoms with van der Waals surface area (Å²) in [6, 6.07) is 11.6. The van der Waals surface area contributed by atoms with Crippen molar-refractivity contribution in [2.75, 3.05) is 6.54 Å². The van der Waals surface area contributed by atoms with Crippen LogP contribution in [0.1, 0.15) is 11.1 Å². The third kappa shape index (κ3) is 1.83. The van der Waals surface area contributed by atoms with Crippen LogP contribution in [-0.2, 0) is 13.0 Å². The summed E-state index contributed by atoms with van der Waals surface area (Å²) in [6.07, 6.45) is 0.927. The van der Waals surface area contributed by atoms with E-state index >= 15 is 0 Å². The smallest absolute Gasteiger partial charge is 0.186 e. The number of fused-ring (bicyclic) bond motifs is 1. The van der Waals surface area contributed by atoms with Crippen LogP contribution in [0.3, 0.4) is 0 Å². The van der Waals surface area contributed by atoms with Crippen molar-refractivity contribution < 1.29 is 0 Å². The fraction of sp³-hybridized carbons (Fsp3) is 0.333. The van der Waals surface area contributed by atoms with Crippen molar-refractivity contribution in [3.63, 3.8) is 0 Å². The first-order chi connectivity index (χ1) is 7.35. The number of nitrogens with zero attached hydrogens (tertiary/aromatic N) is 3. The van der Waals surface area contributed by atoms with E-state index in [1.165, 1.54) is 11.1 Å². The lowest BCUT2D eigenvalue weighted by molar-refractivity contribution is 0.247. The highest BCUT2D eigenvalue weighted by molar-refractivity contribution is 5.30. The SMILES string of the molecule is N#CC(C#N)N1CCc2ccccc2C1. The number of hydrogen-bond donors (Lipinski definition) is 0. The van der Waals surface area contributed by atoms with Crippen LogP contribution in [0.4, 0.5) is 0 Å². The number of hydrogen-bond acceptors (Lipinski definition) is 3. The van der Waals surface area contributed by atoms with E-state index in [-0.39, 0.29) is 0 Å². The van der Waals surface area contributed by atoms with Crippen LogP contribution in [0, 0.1) is 22.7 Å². The molecule has 0 unspecified atom stereocenters. The highest BCUT2D eigenvalue weighted by Crippen LogP contribution is 2.19. The lowest BCUT2D eigenvalue weighted by Crippen LogP contribution is -2.37. The van der Waals surface area contributed by atoms with Crippen LogP contribution < -0.4 is 0 Å². The summed E-state index contributed by atoms with van der Waals surface area (Å²) in [4.78, 5) is 1.92. The Morgan fingerprint density at radius 1 is 1.13 bits per heavy atom. The van der Waals surface area contributed by atoms with Gasteiger partial charge in [0.25, 0.3) is 0 Å². The Morgan fingerprint density at radius 2 is 1.80 bits per heavy atom. The van der Waals surface area contributed by atoms with Gasteiger partial charge in [-0.2, -0.15) is 10.5 Å². The van der Waals surface area contributed by atoms with Gasteiger partial charge in [0.15, 0.2) is 6.04 Å². The minimum Gasteiger partial charge on any atom is -0.272 e. The fourth-order valence-corrected chi connectivity index (χ4v) is 1.93. The topological polar surface area (TPSA) is 50.8 Å². The summed E-state index contributed by atoms with van der Waals surface area (Å²) in [5, 5.41) is 17.6. The molecule has 0 saturated carbocycles. The predicted octanol–water partition coefficient (Wildman–Crippen LogP) is 1.46. The molecule has 0 radical (unpaired) electrons. The Labute approximate surface area is 89.2 Å². The summed E-state index contributed by atoms with van der Waals surface area (Å²) in [6.45, 7) is 1.50. The van der Waals surface area contributed by atoms with Crippen LogP contribution in [0.2, 0.25) is 0 Å². The van der Waals surface area contributed by atoms with Crippen LogP contribution in [0.15, 0.2) is 24.3 Å². The Bertz CT molecular complexity index is 425. The molecule has 15 heavy (non-hydrogen) atoms. The maximum Gasteiger partial charge on any atom is 0.186 e. The molecule has 0 N–H and O–H groups in total. The van der Waals surface area contributed by atoms with Crippen molar-refractivity contribution in [3.8, 4) is 12.1 Å². The molecular weight excluding hydrogens is 186 g/mol. The first-order valence-electron chi connectivity index (χ1n) is 4.95. The van der Waals surface area contributed by atoms with E-state index in [0.29, 0.717) is 6.54 Å². The van der Waals surface area contributed by atoms with Gasteiger partial charge in [0.2, 0.25) is 0 Å². The van der Waals surface area contributed by atoms with E-state index in [1.807, 2.05) is 29.2 Å². The van der Waals surface area contributed by atoms with Crippen molar-refractivity contribution in [1.29, 1.82) is 10.5 Å². The lowest BCUT2D eigenvalue weighted by atomic mass is 9.99. The van der Waals surface area contributed by atoms with Crippen LogP contribution in [0.5, 0.6) is 0 Å². The zero-order valence-electron chi connectivity index (χ0n) is 8.35. The molecule has 1 aromatic rings. The molecule has 1 heterocycles. The molecule has 0 spiro atoms. The number of benzene rings is 1. The van der Waals surface area contributed by atoms with E-state index in [9.17, 15) is 0 Å². The molecule has 1 aromatic carbocycles. The zero-order valence-corrected chi connectivity index (χ0v) is 8.35. The van der Waals surface area contributed by atoms with Gasteiger partial charge in [-0.05, 0) is 17.5 Å². The molecule has 1 aliphatic rings. The molecule has 0 saturated heterocycles. The van der Waals surface area contributed by atoms with E-state index in [4.69, 9.17) is 10.5 Å². The molecule has 0 aliphatic carbocycles. The van der Waals surface area contributed by atoms with E-state index < -0.39 is 6.04 Å². The molecule has 0 bridgehead atoms. The van der Waals surface area contributed by atoms with Gasteiger partial charge in [0, 0.05) is 13.1 Å². The number of nitriles is 2. The van der Waals surface area contributed by atoms with E-state index in [1.54, 1.807) is 0 Å². The average molecular weight is 197 g/mol. The molecule has 0 amide bonds. The average Bonchev–Trinajstić information content (AvgIpc) is 2.30. The lowest BCUT2D eigenvalue weighted by Gasteiger charge is -2.28. The molecule has 74 valence electrons. The van der Waals surface area contributed by atoms with Gasteiger partial charge in [-0.15, -0.1) is 0 Å². The minimum atomic E-state index is -0.613. The molecule has 0 aromatic heterocycles. The first kappa shape index (κ1) is 9.71. The molecule has 3 nitrogen and oxygen atoms in total. The monoisotopic (exact) mass is 197 g/mol. The van der Waals surface area contributed by atoms with Gasteiger partial charge in [-0.3, -0.25) is 4.90 Å². The maximum atomic E-state index is 8.81. The summed E-state index contributed by atoms with van der Waals surface area (Å²) in [5.41, 5.74) is 2.57. The normalized spacial score (nSPS) is 15.4. The fourth-order valence-electron chi connectivity index (χ4n) is 1.93. The number of rotatable bonds is 1. The molecule has 0 fully saturated rings. The van der Waals surface area contributed by atoms with Gasteiger partial charge in [-0.25, -0.2) is 0 Å². The molecule has 0 atom stereocenters. The van der Waals surface area contributed by atoms with Gasteiger partial charge in [0.05, 0.1) is 12.1 Å². The second-order valence-electron chi connectivity index (χ2n) is 3.65. The predicted molar refractivity (Wildman–Crippen MR) is 55.6 cm³/mol. The van der Waals surface area contributed by atoms with Crippen molar-refractivity contribution in [2.24, 2.45) is 0 Å². The molecule has 1 aliphatic heterocycles. The largest absolute Gasteiger partial charge is 0.272 e. The second-order valence-corrected chi connectivity index (χ2v) is 3.65. The van der Waals surface area contributed by atoms with Crippen molar-refractivity contribution in [3.05, 3.63) is 35.4 Å². The Hall–Kier alpha value is -1.84. The van der Waals surface area contributed by atoms with Crippen LogP contribution in [0.25, 0.3) is 0 Å². The quantitative estimate of drug-likeness (QED) is 0.684. The summed E-state index contributed by atoms with van der Waals surface area (Å²) in [5.74, 6) is 0. The maximum absolute atomic E-state index is 8.81. The highest BCUT2D eigenvalue weighted by Gasteiger charge is 2.22. The molecule has 2 rings (SSSR count). The Kier molecular flexibility index (Phi) is 2.67. The van der Waals surface area contributed by atoms with Crippen LogP contribution >= 0.6 is 0 Å². The standard InChI is InChI=1S/C12H11N3/c13-7-12(8-14)15-6-5-10-3-1-2-4-11(10)9-15/h1-4,12H,5-6,9H2. The molecular formula is C12H11N3. The highest BCUT2D eigenvalue weighted by atomic mass is 15.2. The second kappa shape index (κ2) is 4.13. The summed E-state index contributed by atoms with van der Waals surface area (Å²) >= 11 is 0. The minimum absolute atomic E-state index is 0.613. The van der Waals surface area contributed by atoms with Gasteiger partial charge >= 0.3 is 0 Å².